The van der Waals surface area contributed by atoms with Gasteiger partial charge in [0.05, 0.1) is 11.6 Å². The van der Waals surface area contributed by atoms with Crippen molar-refractivity contribution in [3.8, 4) is 0 Å². The predicted octanol–water partition coefficient (Wildman–Crippen LogP) is 1.01. The minimum Gasteiger partial charge on any atom is -0.382 e. The molecule has 1 aromatic rings. The third-order valence-electron chi connectivity index (χ3n) is 4.22. The van der Waals surface area contributed by atoms with E-state index in [2.05, 4.69) is 15.6 Å². The summed E-state index contributed by atoms with van der Waals surface area (Å²) in [6.45, 7) is 1.82. The summed E-state index contributed by atoms with van der Waals surface area (Å²) in [4.78, 5) is 30.0. The van der Waals surface area contributed by atoms with Crippen molar-refractivity contribution in [3.05, 3.63) is 24.5 Å². The number of carbonyl (C=O) groups is 2. The Bertz CT molecular complexity index is 530. The third kappa shape index (κ3) is 3.75. The number of carbonyl (C=O) groups excluding carboxylic acids is 2. The van der Waals surface area contributed by atoms with Gasteiger partial charge in [-0.15, -0.1) is 0 Å². The fourth-order valence-electron chi connectivity index (χ4n) is 2.83. The number of amides is 2. The third-order valence-corrected chi connectivity index (χ3v) is 4.22. The molecular formula is C16H22N4O2. The van der Waals surface area contributed by atoms with Crippen LogP contribution in [0.1, 0.15) is 25.7 Å². The van der Waals surface area contributed by atoms with Gasteiger partial charge in [-0.2, -0.15) is 0 Å². The molecule has 1 saturated carbocycles. The van der Waals surface area contributed by atoms with E-state index in [4.69, 9.17) is 0 Å². The SMILES string of the molecule is O=C(NCCNc1cccnc1)[C@@H]1CCC(=O)N(C2CC2)C1. The molecule has 2 fully saturated rings. The van der Waals surface area contributed by atoms with Gasteiger partial charge in [0.25, 0.3) is 0 Å². The molecule has 6 nitrogen and oxygen atoms in total. The number of hydrogen-bond acceptors (Lipinski definition) is 4. The number of aromatic nitrogens is 1. The molecule has 22 heavy (non-hydrogen) atoms. The lowest BCUT2D eigenvalue weighted by Gasteiger charge is -2.32. The van der Waals surface area contributed by atoms with Gasteiger partial charge in [-0.1, -0.05) is 0 Å². The van der Waals surface area contributed by atoms with Crippen molar-refractivity contribution in [1.82, 2.24) is 15.2 Å². The number of likely N-dealkylation sites (tertiary alicyclic amines) is 1. The zero-order valence-corrected chi connectivity index (χ0v) is 12.6. The van der Waals surface area contributed by atoms with Crippen LogP contribution in [0.5, 0.6) is 0 Å². The highest BCUT2D eigenvalue weighted by atomic mass is 16.2. The number of pyridine rings is 1. The zero-order chi connectivity index (χ0) is 15.4. The maximum atomic E-state index is 12.2. The van der Waals surface area contributed by atoms with E-state index in [1.165, 1.54) is 0 Å². The largest absolute Gasteiger partial charge is 0.382 e. The standard InChI is InChI=1S/C16H22N4O2/c21-15-6-3-12(11-20(15)14-4-5-14)16(22)19-9-8-18-13-2-1-7-17-10-13/h1-2,7,10,12,14,18H,3-6,8-9,11H2,(H,19,22)/t12-/m1/s1. The Balaban J connectivity index is 1.39. The molecule has 2 heterocycles. The molecule has 0 bridgehead atoms. The van der Waals surface area contributed by atoms with Crippen LogP contribution in [-0.2, 0) is 9.59 Å². The van der Waals surface area contributed by atoms with Crippen LogP contribution >= 0.6 is 0 Å². The fourth-order valence-corrected chi connectivity index (χ4v) is 2.83. The summed E-state index contributed by atoms with van der Waals surface area (Å²) < 4.78 is 0. The van der Waals surface area contributed by atoms with Crippen molar-refractivity contribution in [2.24, 2.45) is 5.92 Å². The lowest BCUT2D eigenvalue weighted by atomic mass is 9.96. The number of nitrogens with zero attached hydrogens (tertiary/aromatic N) is 2. The summed E-state index contributed by atoms with van der Waals surface area (Å²) in [5.74, 6) is 0.215. The number of hydrogen-bond donors (Lipinski definition) is 2. The van der Waals surface area contributed by atoms with Crippen LogP contribution in [-0.4, -0.2) is 47.4 Å². The number of anilines is 1. The van der Waals surface area contributed by atoms with E-state index in [1.807, 2.05) is 17.0 Å². The predicted molar refractivity (Wildman–Crippen MR) is 83.2 cm³/mol. The highest BCUT2D eigenvalue weighted by Crippen LogP contribution is 2.31. The monoisotopic (exact) mass is 302 g/mol. The van der Waals surface area contributed by atoms with E-state index in [1.54, 1.807) is 12.4 Å². The van der Waals surface area contributed by atoms with Gasteiger partial charge in [0, 0.05) is 44.5 Å². The van der Waals surface area contributed by atoms with E-state index in [0.29, 0.717) is 38.5 Å². The lowest BCUT2D eigenvalue weighted by molar-refractivity contribution is -0.138. The normalized spacial score (nSPS) is 21.5. The highest BCUT2D eigenvalue weighted by molar-refractivity contribution is 5.84. The molecule has 6 heteroatoms. The van der Waals surface area contributed by atoms with Crippen LogP contribution in [0, 0.1) is 5.92 Å². The van der Waals surface area contributed by atoms with Crippen molar-refractivity contribution in [2.75, 3.05) is 25.0 Å². The minimum absolute atomic E-state index is 0.0586. The van der Waals surface area contributed by atoms with E-state index >= 15 is 0 Å². The second-order valence-corrected chi connectivity index (χ2v) is 5.97. The molecule has 1 aliphatic heterocycles. The molecule has 3 rings (SSSR count). The fraction of sp³-hybridized carbons (Fsp3) is 0.562. The molecule has 118 valence electrons. The molecule has 2 aliphatic rings. The molecule has 1 atom stereocenters. The molecule has 1 aromatic heterocycles. The maximum absolute atomic E-state index is 12.2. The van der Waals surface area contributed by atoms with E-state index in [0.717, 1.165) is 18.5 Å². The Morgan fingerprint density at radius 1 is 1.32 bits per heavy atom. The van der Waals surface area contributed by atoms with Gasteiger partial charge in [-0.05, 0) is 31.4 Å². The first-order valence-corrected chi connectivity index (χ1v) is 7.95. The molecule has 0 aromatic carbocycles. The van der Waals surface area contributed by atoms with Crippen molar-refractivity contribution in [1.29, 1.82) is 0 Å². The van der Waals surface area contributed by atoms with Crippen LogP contribution in [0.4, 0.5) is 5.69 Å². The minimum atomic E-state index is -0.0586. The van der Waals surface area contributed by atoms with Gasteiger partial charge in [-0.3, -0.25) is 14.6 Å². The Morgan fingerprint density at radius 3 is 2.91 bits per heavy atom. The first-order valence-electron chi connectivity index (χ1n) is 7.95. The topological polar surface area (TPSA) is 74.3 Å². The molecule has 2 amide bonds. The molecule has 1 aliphatic carbocycles. The summed E-state index contributed by atoms with van der Waals surface area (Å²) >= 11 is 0. The van der Waals surface area contributed by atoms with Crippen molar-refractivity contribution >= 4 is 17.5 Å². The number of piperidine rings is 1. The van der Waals surface area contributed by atoms with Crippen LogP contribution in [0.25, 0.3) is 0 Å². The highest BCUT2D eigenvalue weighted by Gasteiger charge is 2.38. The van der Waals surface area contributed by atoms with Gasteiger partial charge >= 0.3 is 0 Å². The Morgan fingerprint density at radius 2 is 2.18 bits per heavy atom. The van der Waals surface area contributed by atoms with Crippen LogP contribution in [0.15, 0.2) is 24.5 Å². The van der Waals surface area contributed by atoms with Crippen molar-refractivity contribution in [3.63, 3.8) is 0 Å². The quantitative estimate of drug-likeness (QED) is 0.769. The second kappa shape index (κ2) is 6.77. The second-order valence-electron chi connectivity index (χ2n) is 5.97. The first-order chi connectivity index (χ1) is 10.7. The number of rotatable bonds is 6. The Hall–Kier alpha value is -2.11. The molecule has 1 saturated heterocycles. The number of nitrogens with one attached hydrogen (secondary N) is 2. The van der Waals surface area contributed by atoms with Gasteiger partial charge in [0.15, 0.2) is 0 Å². The molecule has 0 spiro atoms. The van der Waals surface area contributed by atoms with Crippen LogP contribution < -0.4 is 10.6 Å². The smallest absolute Gasteiger partial charge is 0.224 e. The maximum Gasteiger partial charge on any atom is 0.224 e. The van der Waals surface area contributed by atoms with E-state index < -0.39 is 0 Å². The van der Waals surface area contributed by atoms with Gasteiger partial charge in [0.2, 0.25) is 11.8 Å². The van der Waals surface area contributed by atoms with Gasteiger partial charge in [0.1, 0.15) is 0 Å². The van der Waals surface area contributed by atoms with Crippen molar-refractivity contribution in [2.45, 2.75) is 31.7 Å². The zero-order valence-electron chi connectivity index (χ0n) is 12.6. The Labute approximate surface area is 130 Å². The van der Waals surface area contributed by atoms with Crippen LogP contribution in [0.3, 0.4) is 0 Å². The van der Waals surface area contributed by atoms with Gasteiger partial charge in [-0.25, -0.2) is 0 Å². The molecule has 0 radical (unpaired) electrons. The van der Waals surface area contributed by atoms with Gasteiger partial charge < -0.3 is 15.5 Å². The summed E-state index contributed by atoms with van der Waals surface area (Å²) in [5.41, 5.74) is 0.944. The van der Waals surface area contributed by atoms with Crippen LogP contribution in [0.2, 0.25) is 0 Å². The lowest BCUT2D eigenvalue weighted by Crippen LogP contribution is -2.47. The first kappa shape index (κ1) is 14.8. The average molecular weight is 302 g/mol. The summed E-state index contributed by atoms with van der Waals surface area (Å²) in [6, 6.07) is 4.21. The summed E-state index contributed by atoms with van der Waals surface area (Å²) in [7, 11) is 0. The summed E-state index contributed by atoms with van der Waals surface area (Å²) in [5, 5.41) is 6.16. The summed E-state index contributed by atoms with van der Waals surface area (Å²) in [6.07, 6.45) is 6.84. The molecular weight excluding hydrogens is 280 g/mol. The van der Waals surface area contributed by atoms with Crippen molar-refractivity contribution < 1.29 is 9.59 Å². The average Bonchev–Trinajstić information content (AvgIpc) is 3.37. The molecule has 0 unspecified atom stereocenters. The molecule has 2 N–H and O–H groups in total. The Kier molecular flexibility index (Phi) is 4.56. The van der Waals surface area contributed by atoms with E-state index in [-0.39, 0.29) is 17.7 Å². The van der Waals surface area contributed by atoms with E-state index in [9.17, 15) is 9.59 Å².